The second-order valence-corrected chi connectivity index (χ2v) is 5.18. The van der Waals surface area contributed by atoms with Crippen molar-refractivity contribution in [3.05, 3.63) is 65.5 Å². The maximum absolute atomic E-state index is 12.7. The lowest BCUT2D eigenvalue weighted by atomic mass is 9.95. The van der Waals surface area contributed by atoms with Crippen LogP contribution in [0.2, 0.25) is 0 Å². The summed E-state index contributed by atoms with van der Waals surface area (Å²) in [6.45, 7) is 3.39. The number of hydrogen-bond acceptors (Lipinski definition) is 2. The van der Waals surface area contributed by atoms with E-state index in [1.54, 1.807) is 6.20 Å². The van der Waals surface area contributed by atoms with E-state index in [2.05, 4.69) is 18.0 Å². The van der Waals surface area contributed by atoms with Gasteiger partial charge in [0.2, 0.25) is 5.91 Å². The second-order valence-electron chi connectivity index (χ2n) is 5.18. The van der Waals surface area contributed by atoms with Crippen LogP contribution in [0.15, 0.2) is 48.7 Å². The maximum atomic E-state index is 12.7. The van der Waals surface area contributed by atoms with Gasteiger partial charge in [-0.3, -0.25) is 9.78 Å². The number of pyridine rings is 1. The molecule has 1 aromatic carbocycles. The molecular weight excluding hydrogens is 248 g/mol. The summed E-state index contributed by atoms with van der Waals surface area (Å²) in [7, 11) is 0. The second kappa shape index (κ2) is 5.45. The summed E-state index contributed by atoms with van der Waals surface area (Å²) in [4.78, 5) is 19.0. The predicted octanol–water partition coefficient (Wildman–Crippen LogP) is 3.12. The zero-order chi connectivity index (χ0) is 13.9. The van der Waals surface area contributed by atoms with Crippen molar-refractivity contribution in [1.82, 2.24) is 9.88 Å². The molecule has 0 saturated carbocycles. The molecule has 102 valence electrons. The first-order valence-electron chi connectivity index (χ1n) is 7.06. The van der Waals surface area contributed by atoms with Gasteiger partial charge in [-0.1, -0.05) is 43.3 Å². The zero-order valence-corrected chi connectivity index (χ0v) is 11.6. The Balaban J connectivity index is 1.80. The molecule has 0 radical (unpaired) electrons. The molecule has 2 aromatic rings. The minimum absolute atomic E-state index is 0.0505. The van der Waals surface area contributed by atoms with E-state index in [4.69, 9.17) is 0 Å². The van der Waals surface area contributed by atoms with Gasteiger partial charge < -0.3 is 4.90 Å². The summed E-state index contributed by atoms with van der Waals surface area (Å²) in [6.07, 6.45) is 2.62. The average Bonchev–Trinajstić information content (AvgIpc) is 2.93. The Morgan fingerprint density at radius 3 is 2.70 bits per heavy atom. The Kier molecular flexibility index (Phi) is 3.50. The first-order chi connectivity index (χ1) is 9.79. The third kappa shape index (κ3) is 2.31. The molecule has 1 aromatic heterocycles. The highest BCUT2D eigenvalue weighted by atomic mass is 16.2. The number of benzene rings is 1. The van der Waals surface area contributed by atoms with Crippen molar-refractivity contribution in [3.63, 3.8) is 0 Å². The number of aromatic nitrogens is 1. The Morgan fingerprint density at radius 2 is 2.00 bits per heavy atom. The monoisotopic (exact) mass is 266 g/mol. The molecule has 1 amide bonds. The van der Waals surface area contributed by atoms with E-state index in [-0.39, 0.29) is 11.8 Å². The number of hydrogen-bond donors (Lipinski definition) is 0. The van der Waals surface area contributed by atoms with Gasteiger partial charge in [0.15, 0.2) is 0 Å². The summed E-state index contributed by atoms with van der Waals surface area (Å²) < 4.78 is 0. The summed E-state index contributed by atoms with van der Waals surface area (Å²) in [5.41, 5.74) is 3.30. The lowest BCUT2D eigenvalue weighted by Crippen LogP contribution is -2.30. The van der Waals surface area contributed by atoms with Crippen molar-refractivity contribution in [2.75, 3.05) is 0 Å². The molecule has 3 rings (SSSR count). The van der Waals surface area contributed by atoms with Crippen molar-refractivity contribution >= 4 is 5.91 Å². The largest absolute Gasteiger partial charge is 0.332 e. The van der Waals surface area contributed by atoms with Crippen LogP contribution in [-0.4, -0.2) is 15.8 Å². The van der Waals surface area contributed by atoms with Crippen molar-refractivity contribution in [3.8, 4) is 0 Å². The van der Waals surface area contributed by atoms with Gasteiger partial charge in [0, 0.05) is 12.7 Å². The van der Waals surface area contributed by atoms with Crippen LogP contribution in [0, 0.1) is 0 Å². The molecule has 0 aliphatic carbocycles. The van der Waals surface area contributed by atoms with Gasteiger partial charge in [-0.2, -0.15) is 0 Å². The van der Waals surface area contributed by atoms with Gasteiger partial charge in [0.05, 0.1) is 18.2 Å². The van der Waals surface area contributed by atoms with E-state index in [0.29, 0.717) is 13.1 Å². The topological polar surface area (TPSA) is 33.2 Å². The van der Waals surface area contributed by atoms with E-state index in [1.165, 1.54) is 5.56 Å². The van der Waals surface area contributed by atoms with E-state index in [1.807, 2.05) is 41.3 Å². The Hall–Kier alpha value is -2.16. The fourth-order valence-electron chi connectivity index (χ4n) is 2.81. The molecule has 3 heteroatoms. The van der Waals surface area contributed by atoms with Gasteiger partial charge in [0.1, 0.15) is 0 Å². The molecule has 2 heterocycles. The Morgan fingerprint density at radius 1 is 1.20 bits per heavy atom. The van der Waals surface area contributed by atoms with Gasteiger partial charge >= 0.3 is 0 Å². The minimum Gasteiger partial charge on any atom is -0.332 e. The van der Waals surface area contributed by atoms with Crippen LogP contribution >= 0.6 is 0 Å². The zero-order valence-electron chi connectivity index (χ0n) is 11.6. The van der Waals surface area contributed by atoms with Crippen molar-refractivity contribution in [2.45, 2.75) is 32.4 Å². The van der Waals surface area contributed by atoms with E-state index >= 15 is 0 Å². The fraction of sp³-hybridized carbons (Fsp3) is 0.294. The number of carbonyl (C=O) groups excluding carboxylic acids is 1. The number of amides is 1. The SMILES string of the molecule is CCC(C(=O)N1Cc2cccnc2C1)c1ccccc1. The van der Waals surface area contributed by atoms with E-state index in [0.717, 1.165) is 17.7 Å². The summed E-state index contributed by atoms with van der Waals surface area (Å²) >= 11 is 0. The molecule has 3 nitrogen and oxygen atoms in total. The highest BCUT2D eigenvalue weighted by Crippen LogP contribution is 2.27. The summed E-state index contributed by atoms with van der Waals surface area (Å²) in [6, 6.07) is 14.0. The van der Waals surface area contributed by atoms with Crippen molar-refractivity contribution in [1.29, 1.82) is 0 Å². The van der Waals surface area contributed by atoms with Crippen LogP contribution in [0.1, 0.15) is 36.1 Å². The molecular formula is C17H18N2O. The van der Waals surface area contributed by atoms with Crippen LogP contribution in [0.25, 0.3) is 0 Å². The van der Waals surface area contributed by atoms with Crippen LogP contribution in [-0.2, 0) is 17.9 Å². The molecule has 1 unspecified atom stereocenters. The van der Waals surface area contributed by atoms with Gasteiger partial charge in [-0.15, -0.1) is 0 Å². The molecule has 0 saturated heterocycles. The van der Waals surface area contributed by atoms with Crippen LogP contribution in [0.4, 0.5) is 0 Å². The number of fused-ring (bicyclic) bond motifs is 1. The third-order valence-electron chi connectivity index (χ3n) is 3.91. The number of carbonyl (C=O) groups is 1. The molecule has 0 N–H and O–H groups in total. The summed E-state index contributed by atoms with van der Waals surface area (Å²) in [5.74, 6) is 0.155. The molecule has 1 aliphatic heterocycles. The Bertz CT molecular complexity index is 584. The molecule has 0 fully saturated rings. The van der Waals surface area contributed by atoms with Gasteiger partial charge in [0.25, 0.3) is 0 Å². The summed E-state index contributed by atoms with van der Waals surface area (Å²) in [5, 5.41) is 0. The highest BCUT2D eigenvalue weighted by Gasteiger charge is 2.29. The predicted molar refractivity (Wildman–Crippen MR) is 78.0 cm³/mol. The molecule has 1 atom stereocenters. The minimum atomic E-state index is -0.0505. The first kappa shape index (κ1) is 12.9. The molecule has 1 aliphatic rings. The Labute approximate surface area is 119 Å². The van der Waals surface area contributed by atoms with Gasteiger partial charge in [-0.25, -0.2) is 0 Å². The number of nitrogens with zero attached hydrogens (tertiary/aromatic N) is 2. The van der Waals surface area contributed by atoms with Crippen LogP contribution in [0.5, 0.6) is 0 Å². The highest BCUT2D eigenvalue weighted by molar-refractivity contribution is 5.84. The average molecular weight is 266 g/mol. The molecule has 0 spiro atoms. The van der Waals surface area contributed by atoms with E-state index < -0.39 is 0 Å². The van der Waals surface area contributed by atoms with Crippen molar-refractivity contribution in [2.24, 2.45) is 0 Å². The standard InChI is InChI=1S/C17H18N2O/c1-2-15(13-7-4-3-5-8-13)17(20)19-11-14-9-6-10-18-16(14)12-19/h3-10,15H,2,11-12H2,1H3. The van der Waals surface area contributed by atoms with Crippen molar-refractivity contribution < 1.29 is 4.79 Å². The smallest absolute Gasteiger partial charge is 0.230 e. The first-order valence-corrected chi connectivity index (χ1v) is 7.06. The normalized spacial score (nSPS) is 14.9. The lowest BCUT2D eigenvalue weighted by molar-refractivity contribution is -0.133. The fourth-order valence-corrected chi connectivity index (χ4v) is 2.81. The maximum Gasteiger partial charge on any atom is 0.230 e. The number of rotatable bonds is 3. The lowest BCUT2D eigenvalue weighted by Gasteiger charge is -2.22. The molecule has 20 heavy (non-hydrogen) atoms. The molecule has 0 bridgehead atoms. The third-order valence-corrected chi connectivity index (χ3v) is 3.91. The van der Waals surface area contributed by atoms with Crippen LogP contribution in [0.3, 0.4) is 0 Å². The van der Waals surface area contributed by atoms with E-state index in [9.17, 15) is 4.79 Å². The van der Waals surface area contributed by atoms with Crippen LogP contribution < -0.4 is 0 Å². The quantitative estimate of drug-likeness (QED) is 0.855. The van der Waals surface area contributed by atoms with Gasteiger partial charge in [-0.05, 0) is 23.6 Å².